The minimum atomic E-state index is -2.90. The molecule has 1 saturated carbocycles. The molecule has 1 aliphatic rings. The molecule has 0 aromatic carbocycles. The van der Waals surface area contributed by atoms with Crippen LogP contribution in [0, 0.1) is 0 Å². The number of nitrogens with zero attached hydrogens (tertiary/aromatic N) is 5. The minimum Gasteiger partial charge on any atom is -0.462 e. The summed E-state index contributed by atoms with van der Waals surface area (Å²) in [6.07, 6.45) is -0.246. The third-order valence-electron chi connectivity index (χ3n) is 5.58. The van der Waals surface area contributed by atoms with Crippen LogP contribution < -0.4 is 15.7 Å². The van der Waals surface area contributed by atoms with Gasteiger partial charge in [-0.3, -0.25) is 13.9 Å². The number of hydrogen-bond acceptors (Lipinski definition) is 11. The van der Waals surface area contributed by atoms with E-state index < -0.39 is 45.3 Å². The highest BCUT2D eigenvalue weighted by atomic mass is 31.1. The number of carbonyl (C=O) groups is 1. The average molecular weight is 532 g/mol. The summed E-state index contributed by atoms with van der Waals surface area (Å²) in [6.45, 7) is 5.02. The van der Waals surface area contributed by atoms with Crippen LogP contribution in [0.15, 0.2) is 6.33 Å². The third-order valence-corrected chi connectivity index (χ3v) is 6.68. The predicted octanol–water partition coefficient (Wildman–Crippen LogP) is 1.58. The fourth-order valence-corrected chi connectivity index (χ4v) is 4.32. The number of nitrogens with two attached hydrogens (primary N) is 1. The Kier molecular flexibility index (Phi) is 9.59. The van der Waals surface area contributed by atoms with Gasteiger partial charge in [0.25, 0.3) is 8.18 Å². The first-order chi connectivity index (χ1) is 17.0. The van der Waals surface area contributed by atoms with Crippen molar-refractivity contribution >= 4 is 37.1 Å². The van der Waals surface area contributed by atoms with Crippen molar-refractivity contribution in [1.29, 1.82) is 0 Å². The number of aromatic nitrogens is 4. The van der Waals surface area contributed by atoms with Crippen molar-refractivity contribution in [3.8, 4) is 0 Å². The number of aliphatic hydroxyl groups excluding tert-OH is 1. The van der Waals surface area contributed by atoms with Crippen LogP contribution in [0.4, 0.5) is 16.2 Å². The molecule has 202 valence electrons. The average Bonchev–Trinajstić information content (AvgIpc) is 3.58. The quantitative estimate of drug-likeness (QED) is 0.238. The number of halogens is 1. The van der Waals surface area contributed by atoms with Crippen molar-refractivity contribution in [3.63, 3.8) is 0 Å². The molecule has 5 atom stereocenters. The van der Waals surface area contributed by atoms with Crippen LogP contribution in [0.5, 0.6) is 0 Å². The van der Waals surface area contributed by atoms with E-state index in [1.807, 2.05) is 11.9 Å². The molecule has 0 bridgehead atoms. The summed E-state index contributed by atoms with van der Waals surface area (Å²) >= 11 is 0. The van der Waals surface area contributed by atoms with E-state index in [0.29, 0.717) is 17.4 Å². The summed E-state index contributed by atoms with van der Waals surface area (Å²) in [6, 6.07) is -0.530. The highest BCUT2D eigenvalue weighted by Crippen LogP contribution is 2.33. The second-order valence-corrected chi connectivity index (χ2v) is 10.2. The third kappa shape index (κ3) is 7.10. The van der Waals surface area contributed by atoms with Crippen molar-refractivity contribution < 1.29 is 32.9 Å². The fourth-order valence-electron chi connectivity index (χ4n) is 3.45. The maximum atomic E-state index is 14.1. The lowest BCUT2D eigenvalue weighted by Crippen LogP contribution is -2.36. The molecule has 2 aromatic rings. The highest BCUT2D eigenvalue weighted by molar-refractivity contribution is 7.36. The van der Waals surface area contributed by atoms with Gasteiger partial charge in [0.1, 0.15) is 18.8 Å². The van der Waals surface area contributed by atoms with Crippen molar-refractivity contribution in [1.82, 2.24) is 24.6 Å². The zero-order valence-electron chi connectivity index (χ0n) is 21.0. The molecule has 15 heteroatoms. The van der Waals surface area contributed by atoms with Crippen LogP contribution >= 0.6 is 8.18 Å². The normalized spacial score (nSPS) is 18.1. The largest absolute Gasteiger partial charge is 0.462 e. The monoisotopic (exact) mass is 531 g/mol. The van der Waals surface area contributed by atoms with Gasteiger partial charge >= 0.3 is 5.97 Å². The topological polar surface area (TPSA) is 167 Å². The van der Waals surface area contributed by atoms with Gasteiger partial charge in [0.05, 0.1) is 25.1 Å². The number of alkyl halides is 1. The molecule has 4 N–H and O–H groups in total. The van der Waals surface area contributed by atoms with Crippen LogP contribution in [-0.4, -0.2) is 81.3 Å². The molecule has 36 heavy (non-hydrogen) atoms. The van der Waals surface area contributed by atoms with E-state index >= 15 is 0 Å². The Labute approximate surface area is 209 Å². The molecule has 0 spiro atoms. The fraction of sp³-hybridized carbons (Fsp3) is 0.714. The van der Waals surface area contributed by atoms with Crippen LogP contribution in [-0.2, 0) is 23.4 Å². The zero-order valence-corrected chi connectivity index (χ0v) is 22.0. The van der Waals surface area contributed by atoms with Crippen molar-refractivity contribution in [2.45, 2.75) is 77.2 Å². The van der Waals surface area contributed by atoms with E-state index in [9.17, 15) is 18.9 Å². The molecule has 1 fully saturated rings. The molecule has 0 saturated heterocycles. The Balaban J connectivity index is 1.70. The number of ether oxygens (including phenoxy) is 2. The summed E-state index contributed by atoms with van der Waals surface area (Å²) in [5, 5.41) is 12.7. The first kappa shape index (κ1) is 28.2. The van der Waals surface area contributed by atoms with Crippen molar-refractivity contribution in [2.24, 2.45) is 0 Å². The minimum absolute atomic E-state index is 0.00884. The molecular formula is C21H35FN7O6P. The number of imidazole rings is 1. The standard InChI is InChI=1S/C21H35FN7O6P/c1-11(2)34-20(31)12(3)27-36(32)33-9-15(13(4)30)35-16(8-22)29-10-24-17-18(28(5)14-6-7-14)25-21(23)26-19(17)29/h10-16,30,36H,6-9H2,1-5H3,(H,27,32)(H2,23,25,26)/t12-,13-,15?,16+/m0/s1. The number of hydrogen-bond donors (Lipinski definition) is 3. The first-order valence-corrected chi connectivity index (χ1v) is 13.1. The Hall–Kier alpha value is -2.38. The van der Waals surface area contributed by atoms with Gasteiger partial charge in [-0.1, -0.05) is 0 Å². The number of nitrogen functional groups attached to an aromatic ring is 1. The second-order valence-electron chi connectivity index (χ2n) is 9.05. The molecule has 0 amide bonds. The Bertz CT molecular complexity index is 1070. The van der Waals surface area contributed by atoms with Gasteiger partial charge in [0, 0.05) is 13.1 Å². The van der Waals surface area contributed by atoms with Crippen LogP contribution in [0.2, 0.25) is 0 Å². The van der Waals surface area contributed by atoms with E-state index in [-0.39, 0.29) is 24.3 Å². The van der Waals surface area contributed by atoms with Crippen LogP contribution in [0.1, 0.15) is 46.8 Å². The molecule has 2 unspecified atom stereocenters. The van der Waals surface area contributed by atoms with Gasteiger partial charge in [-0.25, -0.2) is 14.5 Å². The number of rotatable bonds is 14. The lowest BCUT2D eigenvalue weighted by Gasteiger charge is -2.26. The van der Waals surface area contributed by atoms with Gasteiger partial charge in [-0.05, 0) is 40.5 Å². The Morgan fingerprint density at radius 2 is 2.06 bits per heavy atom. The van der Waals surface area contributed by atoms with Gasteiger partial charge in [-0.15, -0.1) is 0 Å². The Morgan fingerprint density at radius 1 is 1.36 bits per heavy atom. The number of esters is 1. The van der Waals surface area contributed by atoms with Crippen molar-refractivity contribution in [3.05, 3.63) is 6.33 Å². The molecule has 2 aromatic heterocycles. The summed E-state index contributed by atoms with van der Waals surface area (Å²) in [4.78, 5) is 26.7. The molecular weight excluding hydrogens is 496 g/mol. The van der Waals surface area contributed by atoms with E-state index in [0.717, 1.165) is 12.8 Å². The van der Waals surface area contributed by atoms with Gasteiger partial charge in [0.15, 0.2) is 23.2 Å². The molecule has 0 aliphatic heterocycles. The SMILES string of the molecule is CC(C)OC(=O)[C@H](C)N[PH](=O)OCC(O[C@H](CF)n1cnc2c(N(C)C3CC3)nc(N)nc21)[C@H](C)O. The summed E-state index contributed by atoms with van der Waals surface area (Å²) in [7, 11) is -1.01. The van der Waals surface area contributed by atoms with E-state index in [1.165, 1.54) is 24.7 Å². The predicted molar refractivity (Wildman–Crippen MR) is 132 cm³/mol. The van der Waals surface area contributed by atoms with E-state index in [1.54, 1.807) is 13.8 Å². The smallest absolute Gasteiger partial charge is 0.323 e. The zero-order chi connectivity index (χ0) is 26.6. The van der Waals surface area contributed by atoms with Crippen molar-refractivity contribution in [2.75, 3.05) is 31.0 Å². The number of fused-ring (bicyclic) bond motifs is 1. The summed E-state index contributed by atoms with van der Waals surface area (Å²) in [5.74, 6) is -0.0242. The molecule has 13 nitrogen and oxygen atoms in total. The number of anilines is 2. The maximum Gasteiger partial charge on any atom is 0.323 e. The van der Waals surface area contributed by atoms with Gasteiger partial charge < -0.3 is 29.7 Å². The highest BCUT2D eigenvalue weighted by Gasteiger charge is 2.31. The summed E-state index contributed by atoms with van der Waals surface area (Å²) in [5.41, 5.74) is 6.64. The molecule has 0 radical (unpaired) electrons. The lowest BCUT2D eigenvalue weighted by molar-refractivity contribution is -0.149. The first-order valence-electron chi connectivity index (χ1n) is 11.8. The van der Waals surface area contributed by atoms with Crippen LogP contribution in [0.3, 0.4) is 0 Å². The lowest BCUT2D eigenvalue weighted by atomic mass is 10.2. The van der Waals surface area contributed by atoms with Gasteiger partial charge in [0.2, 0.25) is 5.95 Å². The molecule has 2 heterocycles. The number of carbonyl (C=O) groups excluding carboxylic acids is 1. The van der Waals surface area contributed by atoms with E-state index in [2.05, 4.69) is 20.0 Å². The van der Waals surface area contributed by atoms with Crippen LogP contribution in [0.25, 0.3) is 11.2 Å². The number of aliphatic hydroxyl groups is 1. The second kappa shape index (κ2) is 12.2. The molecule has 1 aliphatic carbocycles. The number of nitrogens with one attached hydrogen (secondary N) is 1. The molecule has 3 rings (SSSR count). The Morgan fingerprint density at radius 3 is 2.64 bits per heavy atom. The maximum absolute atomic E-state index is 14.1. The summed E-state index contributed by atoms with van der Waals surface area (Å²) < 4.78 is 43.9. The van der Waals surface area contributed by atoms with E-state index in [4.69, 9.17) is 19.7 Å². The van der Waals surface area contributed by atoms with Gasteiger partial charge in [-0.2, -0.15) is 9.97 Å².